The van der Waals surface area contributed by atoms with Crippen LogP contribution in [0.5, 0.6) is 0 Å². The minimum Gasteiger partial charge on any atom is -0.392 e. The van der Waals surface area contributed by atoms with Crippen LogP contribution in [-0.2, 0) is 6.42 Å². The van der Waals surface area contributed by atoms with E-state index in [2.05, 4.69) is 26.1 Å². The van der Waals surface area contributed by atoms with Crippen molar-refractivity contribution in [3.05, 3.63) is 34.4 Å². The molecule has 3 rings (SSSR count). The highest BCUT2D eigenvalue weighted by molar-refractivity contribution is 9.10. The van der Waals surface area contributed by atoms with Crippen molar-refractivity contribution in [3.8, 4) is 11.4 Å². The van der Waals surface area contributed by atoms with Crippen LogP contribution < -0.4 is 0 Å². The van der Waals surface area contributed by atoms with E-state index in [0.717, 1.165) is 12.8 Å². The molecular weight excluding hydrogens is 315 g/mol. The third-order valence-electron chi connectivity index (χ3n) is 3.19. The molecule has 1 unspecified atom stereocenters. The van der Waals surface area contributed by atoms with Crippen LogP contribution in [0.4, 0.5) is 4.39 Å². The summed E-state index contributed by atoms with van der Waals surface area (Å²) < 4.78 is 18.7. The minimum atomic E-state index is -0.412. The predicted octanol–water partition coefficient (Wildman–Crippen LogP) is 2.95. The number of aromatic nitrogens is 2. The van der Waals surface area contributed by atoms with Gasteiger partial charge in [-0.05, 0) is 52.9 Å². The van der Waals surface area contributed by atoms with Gasteiger partial charge in [-0.1, -0.05) is 5.16 Å². The zero-order chi connectivity index (χ0) is 13.4. The first kappa shape index (κ1) is 12.7. The largest absolute Gasteiger partial charge is 0.392 e. The fraction of sp³-hybridized carbons (Fsp3) is 0.385. The van der Waals surface area contributed by atoms with Gasteiger partial charge in [0.1, 0.15) is 5.82 Å². The minimum absolute atomic E-state index is 0.330. The van der Waals surface area contributed by atoms with Gasteiger partial charge in [0.05, 0.1) is 12.5 Å². The molecule has 1 aliphatic carbocycles. The number of aliphatic hydroxyl groups is 1. The Hall–Kier alpha value is -1.27. The van der Waals surface area contributed by atoms with Gasteiger partial charge in [-0.15, -0.1) is 0 Å². The second-order valence-corrected chi connectivity index (χ2v) is 5.60. The zero-order valence-corrected chi connectivity index (χ0v) is 11.6. The molecule has 6 heteroatoms. The Labute approximate surface area is 117 Å². The predicted molar refractivity (Wildman–Crippen MR) is 69.8 cm³/mol. The van der Waals surface area contributed by atoms with Crippen molar-refractivity contribution in [1.29, 1.82) is 0 Å². The summed E-state index contributed by atoms with van der Waals surface area (Å²) in [5.41, 5.74) is 0.664. The molecular formula is C13H12BrFN2O2. The molecule has 1 atom stereocenters. The van der Waals surface area contributed by atoms with Crippen LogP contribution >= 0.6 is 15.9 Å². The summed E-state index contributed by atoms with van der Waals surface area (Å²) in [6, 6.07) is 4.28. The van der Waals surface area contributed by atoms with E-state index >= 15 is 0 Å². The van der Waals surface area contributed by atoms with Gasteiger partial charge in [0.2, 0.25) is 11.7 Å². The topological polar surface area (TPSA) is 59.2 Å². The summed E-state index contributed by atoms with van der Waals surface area (Å²) in [5.74, 6) is 0.840. The standard InChI is InChI=1S/C13H12BrFN2O2/c14-10-5-8(15)3-4-9(10)13-16-12(19-17-13)6-11(18)7-1-2-7/h3-5,7,11,18H,1-2,6H2. The summed E-state index contributed by atoms with van der Waals surface area (Å²) in [4.78, 5) is 4.23. The molecule has 100 valence electrons. The van der Waals surface area contributed by atoms with Crippen molar-refractivity contribution in [3.63, 3.8) is 0 Å². The van der Waals surface area contributed by atoms with Crippen molar-refractivity contribution >= 4 is 15.9 Å². The van der Waals surface area contributed by atoms with E-state index in [-0.39, 0.29) is 5.82 Å². The summed E-state index contributed by atoms with van der Waals surface area (Å²) in [5, 5.41) is 13.7. The van der Waals surface area contributed by atoms with Crippen LogP contribution in [0.25, 0.3) is 11.4 Å². The molecule has 0 aliphatic heterocycles. The van der Waals surface area contributed by atoms with Crippen molar-refractivity contribution in [1.82, 2.24) is 10.1 Å². The summed E-state index contributed by atoms with van der Waals surface area (Å²) in [6.07, 6.45) is 2.08. The number of rotatable bonds is 4. The molecule has 1 aliphatic rings. The highest BCUT2D eigenvalue weighted by Gasteiger charge is 2.31. The molecule has 2 aromatic rings. The van der Waals surface area contributed by atoms with Gasteiger partial charge in [-0.25, -0.2) is 4.39 Å². The van der Waals surface area contributed by atoms with Crippen molar-refractivity contribution < 1.29 is 14.0 Å². The first-order valence-electron chi connectivity index (χ1n) is 6.09. The third-order valence-corrected chi connectivity index (χ3v) is 3.85. The average Bonchev–Trinajstić information content (AvgIpc) is 3.11. The Morgan fingerprint density at radius 1 is 1.47 bits per heavy atom. The van der Waals surface area contributed by atoms with Gasteiger partial charge in [-0.2, -0.15) is 4.98 Å². The van der Waals surface area contributed by atoms with Gasteiger partial charge in [0.25, 0.3) is 0 Å². The lowest BCUT2D eigenvalue weighted by atomic mass is 10.1. The Kier molecular flexibility index (Phi) is 3.36. The van der Waals surface area contributed by atoms with Crippen LogP contribution in [0.1, 0.15) is 18.7 Å². The lowest BCUT2D eigenvalue weighted by Gasteiger charge is -2.03. The highest BCUT2D eigenvalue weighted by Crippen LogP contribution is 2.34. The fourth-order valence-electron chi connectivity index (χ4n) is 1.94. The summed E-state index contributed by atoms with van der Waals surface area (Å²) in [7, 11) is 0. The molecule has 1 aromatic heterocycles. The van der Waals surface area contributed by atoms with E-state index in [1.807, 2.05) is 0 Å². The van der Waals surface area contributed by atoms with E-state index < -0.39 is 6.10 Å². The van der Waals surface area contributed by atoms with Gasteiger partial charge in [-0.3, -0.25) is 0 Å². The average molecular weight is 327 g/mol. The number of hydrogen-bond acceptors (Lipinski definition) is 4. The second-order valence-electron chi connectivity index (χ2n) is 4.74. The maximum Gasteiger partial charge on any atom is 0.229 e. The van der Waals surface area contributed by atoms with Gasteiger partial charge >= 0.3 is 0 Å². The van der Waals surface area contributed by atoms with E-state index in [9.17, 15) is 9.50 Å². The molecule has 0 amide bonds. The van der Waals surface area contributed by atoms with E-state index in [1.165, 1.54) is 12.1 Å². The van der Waals surface area contributed by atoms with E-state index in [0.29, 0.717) is 34.1 Å². The van der Waals surface area contributed by atoms with E-state index in [1.54, 1.807) is 6.07 Å². The fourth-order valence-corrected chi connectivity index (χ4v) is 2.47. The monoisotopic (exact) mass is 326 g/mol. The first-order chi connectivity index (χ1) is 9.13. The van der Waals surface area contributed by atoms with Gasteiger partial charge in [0, 0.05) is 10.0 Å². The Morgan fingerprint density at radius 2 is 2.26 bits per heavy atom. The molecule has 4 nitrogen and oxygen atoms in total. The third kappa shape index (κ3) is 2.84. The molecule has 19 heavy (non-hydrogen) atoms. The molecule has 1 fully saturated rings. The Morgan fingerprint density at radius 3 is 2.95 bits per heavy atom. The van der Waals surface area contributed by atoms with E-state index in [4.69, 9.17) is 4.52 Å². The van der Waals surface area contributed by atoms with Crippen molar-refractivity contribution in [2.75, 3.05) is 0 Å². The molecule has 1 saturated carbocycles. The Balaban J connectivity index is 1.79. The van der Waals surface area contributed by atoms with Crippen LogP contribution in [0, 0.1) is 11.7 Å². The van der Waals surface area contributed by atoms with Crippen LogP contribution in [-0.4, -0.2) is 21.4 Å². The molecule has 0 spiro atoms. The lowest BCUT2D eigenvalue weighted by Crippen LogP contribution is -2.12. The van der Waals surface area contributed by atoms with Crippen LogP contribution in [0.15, 0.2) is 27.2 Å². The van der Waals surface area contributed by atoms with Crippen LogP contribution in [0.2, 0.25) is 0 Å². The lowest BCUT2D eigenvalue weighted by molar-refractivity contribution is 0.140. The number of hydrogen-bond donors (Lipinski definition) is 1. The Bertz CT molecular complexity index is 598. The maximum absolute atomic E-state index is 13.0. The summed E-state index contributed by atoms with van der Waals surface area (Å²) >= 11 is 3.27. The second kappa shape index (κ2) is 5.02. The molecule has 1 heterocycles. The van der Waals surface area contributed by atoms with Crippen molar-refractivity contribution in [2.24, 2.45) is 5.92 Å². The smallest absolute Gasteiger partial charge is 0.229 e. The van der Waals surface area contributed by atoms with Crippen molar-refractivity contribution in [2.45, 2.75) is 25.4 Å². The molecule has 1 aromatic carbocycles. The zero-order valence-electron chi connectivity index (χ0n) is 10.0. The maximum atomic E-state index is 13.0. The quantitative estimate of drug-likeness (QED) is 0.938. The normalized spacial score (nSPS) is 16.6. The SMILES string of the molecule is OC(Cc1nc(-c2ccc(F)cc2Br)no1)C1CC1. The highest BCUT2D eigenvalue weighted by atomic mass is 79.9. The summed E-state index contributed by atoms with van der Waals surface area (Å²) in [6.45, 7) is 0. The van der Waals surface area contributed by atoms with Gasteiger partial charge in [0.15, 0.2) is 0 Å². The molecule has 0 radical (unpaired) electrons. The molecule has 0 saturated heterocycles. The van der Waals surface area contributed by atoms with Gasteiger partial charge < -0.3 is 9.63 Å². The van der Waals surface area contributed by atoms with Crippen LogP contribution in [0.3, 0.4) is 0 Å². The molecule has 1 N–H and O–H groups in total. The molecule has 0 bridgehead atoms. The number of nitrogens with zero attached hydrogens (tertiary/aromatic N) is 2. The number of benzene rings is 1. The number of halogens is 2. The first-order valence-corrected chi connectivity index (χ1v) is 6.89. The number of aliphatic hydroxyl groups excluding tert-OH is 1.